The first-order chi connectivity index (χ1) is 7.54. The minimum absolute atomic E-state index is 0.339. The van der Waals surface area contributed by atoms with Crippen LogP contribution in [0.4, 0.5) is 0 Å². The predicted octanol–water partition coefficient (Wildman–Crippen LogP) is 3.67. The van der Waals surface area contributed by atoms with Gasteiger partial charge in [0.1, 0.15) is 5.82 Å². The van der Waals surface area contributed by atoms with Crippen molar-refractivity contribution in [3.8, 4) is 11.4 Å². The summed E-state index contributed by atoms with van der Waals surface area (Å²) >= 11 is 0. The van der Waals surface area contributed by atoms with Gasteiger partial charge >= 0.3 is 0 Å². The molecule has 0 bridgehead atoms. The molecular formula is C14H18N2. The summed E-state index contributed by atoms with van der Waals surface area (Å²) in [5.41, 5.74) is 2.86. The second-order valence-corrected chi connectivity index (χ2v) is 5.37. The lowest BCUT2D eigenvalue weighted by atomic mass is 9.88. The lowest BCUT2D eigenvalue weighted by Crippen LogP contribution is -2.08. The Morgan fingerprint density at radius 1 is 1.12 bits per heavy atom. The Labute approximate surface area is 96.7 Å². The fourth-order valence-electron chi connectivity index (χ4n) is 1.82. The third kappa shape index (κ3) is 2.72. The summed E-state index contributed by atoms with van der Waals surface area (Å²) in [7, 11) is 0. The second kappa shape index (κ2) is 4.12. The van der Waals surface area contributed by atoms with Gasteiger partial charge < -0.3 is 4.98 Å². The number of imidazole rings is 1. The molecule has 0 radical (unpaired) electrons. The summed E-state index contributed by atoms with van der Waals surface area (Å²) in [6.07, 6.45) is 4.72. The lowest BCUT2D eigenvalue weighted by Gasteiger charge is -2.18. The van der Waals surface area contributed by atoms with Crippen molar-refractivity contribution in [2.75, 3.05) is 0 Å². The minimum atomic E-state index is 0.339. The number of nitrogens with zero attached hydrogens (tertiary/aromatic N) is 1. The molecule has 0 aliphatic heterocycles. The van der Waals surface area contributed by atoms with Crippen LogP contribution in [0.15, 0.2) is 36.7 Å². The molecule has 0 saturated heterocycles. The highest BCUT2D eigenvalue weighted by Gasteiger charge is 2.11. The van der Waals surface area contributed by atoms with E-state index >= 15 is 0 Å². The third-order valence-electron chi connectivity index (χ3n) is 2.46. The van der Waals surface area contributed by atoms with Gasteiger partial charge in [-0.3, -0.25) is 0 Å². The Morgan fingerprint density at radius 3 is 2.31 bits per heavy atom. The largest absolute Gasteiger partial charge is 0.345 e. The van der Waals surface area contributed by atoms with Crippen molar-refractivity contribution < 1.29 is 0 Å². The normalized spacial score (nSPS) is 11.7. The topological polar surface area (TPSA) is 28.7 Å². The highest BCUT2D eigenvalue weighted by Crippen LogP contribution is 2.22. The highest BCUT2D eigenvalue weighted by atomic mass is 14.9. The van der Waals surface area contributed by atoms with Gasteiger partial charge in [-0.1, -0.05) is 45.0 Å². The number of nitrogens with one attached hydrogen (secondary N) is 1. The van der Waals surface area contributed by atoms with Crippen LogP contribution in [0.2, 0.25) is 0 Å². The Morgan fingerprint density at radius 2 is 1.81 bits per heavy atom. The van der Waals surface area contributed by atoms with E-state index in [9.17, 15) is 0 Å². The maximum absolute atomic E-state index is 4.24. The number of rotatable bonds is 2. The Hall–Kier alpha value is -1.57. The Balaban J connectivity index is 2.17. The number of hydrogen-bond donors (Lipinski definition) is 1. The summed E-state index contributed by atoms with van der Waals surface area (Å²) in [4.78, 5) is 7.35. The number of aromatic nitrogens is 2. The third-order valence-corrected chi connectivity index (χ3v) is 2.46. The van der Waals surface area contributed by atoms with Crippen LogP contribution in [-0.2, 0) is 6.42 Å². The fourth-order valence-corrected chi connectivity index (χ4v) is 1.82. The molecule has 0 amide bonds. The zero-order chi connectivity index (χ0) is 11.6. The molecule has 1 N–H and O–H groups in total. The predicted molar refractivity (Wildman–Crippen MR) is 67.2 cm³/mol. The molecule has 0 aliphatic carbocycles. The molecule has 1 aromatic carbocycles. The maximum atomic E-state index is 4.24. The smallest absolute Gasteiger partial charge is 0.137 e. The SMILES string of the molecule is CC(C)(C)Cc1ccc(-c2ncc[nH]2)cc1. The van der Waals surface area contributed by atoms with E-state index in [1.165, 1.54) is 5.56 Å². The van der Waals surface area contributed by atoms with Crippen molar-refractivity contribution in [1.82, 2.24) is 9.97 Å². The van der Waals surface area contributed by atoms with Crippen molar-refractivity contribution in [1.29, 1.82) is 0 Å². The van der Waals surface area contributed by atoms with E-state index in [2.05, 4.69) is 55.0 Å². The molecule has 0 aliphatic rings. The van der Waals surface area contributed by atoms with Crippen LogP contribution in [0.25, 0.3) is 11.4 Å². The molecule has 0 saturated carbocycles. The summed E-state index contributed by atoms with van der Waals surface area (Å²) in [6.45, 7) is 6.77. The van der Waals surface area contributed by atoms with E-state index in [1.54, 1.807) is 6.20 Å². The summed E-state index contributed by atoms with van der Waals surface area (Å²) in [6, 6.07) is 8.62. The lowest BCUT2D eigenvalue weighted by molar-refractivity contribution is 0.411. The molecule has 0 fully saturated rings. The van der Waals surface area contributed by atoms with Gasteiger partial charge in [-0.05, 0) is 17.4 Å². The first kappa shape index (κ1) is 10.9. The Bertz CT molecular complexity index is 433. The maximum Gasteiger partial charge on any atom is 0.137 e. The molecule has 2 aromatic rings. The zero-order valence-electron chi connectivity index (χ0n) is 10.1. The van der Waals surface area contributed by atoms with Crippen molar-refractivity contribution >= 4 is 0 Å². The number of benzene rings is 1. The molecule has 0 atom stereocenters. The van der Waals surface area contributed by atoms with Crippen LogP contribution in [0.1, 0.15) is 26.3 Å². The molecule has 2 heteroatoms. The number of H-pyrrole nitrogens is 1. The molecular weight excluding hydrogens is 196 g/mol. The van der Waals surface area contributed by atoms with Gasteiger partial charge in [-0.2, -0.15) is 0 Å². The van der Waals surface area contributed by atoms with Crippen molar-refractivity contribution in [3.05, 3.63) is 42.2 Å². The van der Waals surface area contributed by atoms with Gasteiger partial charge in [-0.25, -0.2) is 4.98 Å². The summed E-state index contributed by atoms with van der Waals surface area (Å²) in [5.74, 6) is 0.933. The van der Waals surface area contributed by atoms with E-state index in [0.717, 1.165) is 17.8 Å². The number of hydrogen-bond acceptors (Lipinski definition) is 1. The minimum Gasteiger partial charge on any atom is -0.345 e. The van der Waals surface area contributed by atoms with Crippen molar-refractivity contribution in [3.63, 3.8) is 0 Å². The molecule has 1 heterocycles. The van der Waals surface area contributed by atoms with E-state index in [0.29, 0.717) is 5.41 Å². The fraction of sp³-hybridized carbons (Fsp3) is 0.357. The molecule has 84 valence electrons. The quantitative estimate of drug-likeness (QED) is 0.812. The number of aromatic amines is 1. The Kier molecular flexibility index (Phi) is 2.82. The van der Waals surface area contributed by atoms with Crippen LogP contribution in [0.5, 0.6) is 0 Å². The highest BCUT2D eigenvalue weighted by molar-refractivity contribution is 5.55. The average molecular weight is 214 g/mol. The van der Waals surface area contributed by atoms with Crippen molar-refractivity contribution in [2.45, 2.75) is 27.2 Å². The standard InChI is InChI=1S/C14H18N2/c1-14(2,3)10-11-4-6-12(7-5-11)13-15-8-9-16-13/h4-9H,10H2,1-3H3,(H,15,16). The van der Waals surface area contributed by atoms with E-state index < -0.39 is 0 Å². The average Bonchev–Trinajstić information content (AvgIpc) is 2.69. The first-order valence-corrected chi connectivity index (χ1v) is 5.63. The van der Waals surface area contributed by atoms with Gasteiger partial charge in [0.25, 0.3) is 0 Å². The van der Waals surface area contributed by atoms with Gasteiger partial charge in [-0.15, -0.1) is 0 Å². The zero-order valence-corrected chi connectivity index (χ0v) is 10.1. The first-order valence-electron chi connectivity index (χ1n) is 5.63. The van der Waals surface area contributed by atoms with Crippen LogP contribution >= 0.6 is 0 Å². The van der Waals surface area contributed by atoms with E-state index in [-0.39, 0.29) is 0 Å². The second-order valence-electron chi connectivity index (χ2n) is 5.37. The monoisotopic (exact) mass is 214 g/mol. The van der Waals surface area contributed by atoms with Gasteiger partial charge in [0.05, 0.1) is 0 Å². The van der Waals surface area contributed by atoms with E-state index in [4.69, 9.17) is 0 Å². The molecule has 2 nitrogen and oxygen atoms in total. The van der Waals surface area contributed by atoms with Gasteiger partial charge in [0.2, 0.25) is 0 Å². The van der Waals surface area contributed by atoms with Crippen LogP contribution < -0.4 is 0 Å². The van der Waals surface area contributed by atoms with Crippen LogP contribution in [0, 0.1) is 5.41 Å². The van der Waals surface area contributed by atoms with Gasteiger partial charge in [0, 0.05) is 18.0 Å². The molecule has 16 heavy (non-hydrogen) atoms. The molecule has 0 spiro atoms. The molecule has 0 unspecified atom stereocenters. The van der Waals surface area contributed by atoms with Crippen LogP contribution in [-0.4, -0.2) is 9.97 Å². The molecule has 1 aromatic heterocycles. The summed E-state index contributed by atoms with van der Waals surface area (Å²) < 4.78 is 0. The molecule has 2 rings (SSSR count). The van der Waals surface area contributed by atoms with Crippen molar-refractivity contribution in [2.24, 2.45) is 5.41 Å². The van der Waals surface area contributed by atoms with Gasteiger partial charge in [0.15, 0.2) is 0 Å². The van der Waals surface area contributed by atoms with Crippen LogP contribution in [0.3, 0.4) is 0 Å². The van der Waals surface area contributed by atoms with E-state index in [1.807, 2.05) is 6.20 Å². The summed E-state index contributed by atoms with van der Waals surface area (Å²) in [5, 5.41) is 0.